The summed E-state index contributed by atoms with van der Waals surface area (Å²) in [6, 6.07) is 13.5. The van der Waals surface area contributed by atoms with Crippen molar-refractivity contribution >= 4 is 11.5 Å². The van der Waals surface area contributed by atoms with Crippen LogP contribution >= 0.6 is 0 Å². The molecule has 0 saturated heterocycles. The predicted molar refractivity (Wildman–Crippen MR) is 96.7 cm³/mol. The monoisotopic (exact) mass is 310 g/mol. The summed E-state index contributed by atoms with van der Waals surface area (Å²) < 4.78 is 1.90. The Balaban J connectivity index is 2.37. The number of nitrogen functional groups attached to an aromatic ring is 1. The molecule has 2 aromatic rings. The molecule has 0 atom stereocenters. The van der Waals surface area contributed by atoms with Gasteiger partial charge in [-0.3, -0.25) is 5.84 Å². The Kier molecular flexibility index (Phi) is 3.62. The summed E-state index contributed by atoms with van der Waals surface area (Å²) in [4.78, 5) is 2.38. The third-order valence-electron chi connectivity index (χ3n) is 5.01. The van der Waals surface area contributed by atoms with Gasteiger partial charge in [-0.05, 0) is 32.0 Å². The predicted octanol–water partition coefficient (Wildman–Crippen LogP) is 4.00. The van der Waals surface area contributed by atoms with Crippen LogP contribution in [0.15, 0.2) is 36.4 Å². The van der Waals surface area contributed by atoms with Crippen molar-refractivity contribution in [1.82, 2.24) is 0 Å². The highest BCUT2D eigenvalue weighted by molar-refractivity contribution is 5.74. The number of pyridine rings is 1. The van der Waals surface area contributed by atoms with E-state index in [4.69, 9.17) is 5.84 Å². The van der Waals surface area contributed by atoms with Gasteiger partial charge in [-0.15, -0.1) is 4.68 Å². The quantitative estimate of drug-likeness (QED) is 0.672. The van der Waals surface area contributed by atoms with Gasteiger partial charge in [0.15, 0.2) is 0 Å². The van der Waals surface area contributed by atoms with Gasteiger partial charge < -0.3 is 0 Å². The lowest BCUT2D eigenvalue weighted by Crippen LogP contribution is -2.56. The third-order valence-corrected chi connectivity index (χ3v) is 5.01. The minimum Gasteiger partial charge on any atom is -0.268 e. The second kappa shape index (κ2) is 5.26. The van der Waals surface area contributed by atoms with E-state index < -0.39 is 0 Å². The lowest BCUT2D eigenvalue weighted by atomic mass is 9.74. The Hall–Kier alpha value is -2.03. The van der Waals surface area contributed by atoms with Crippen LogP contribution in [0.5, 0.6) is 0 Å². The van der Waals surface area contributed by atoms with Gasteiger partial charge in [0.25, 0.3) is 0 Å². The molecule has 3 heteroatoms. The molecule has 3 rings (SSSR count). The van der Waals surface area contributed by atoms with Crippen LogP contribution in [0.25, 0.3) is 0 Å². The van der Waals surface area contributed by atoms with Crippen molar-refractivity contribution in [1.29, 1.82) is 0 Å². The largest absolute Gasteiger partial charge is 0.309 e. The van der Waals surface area contributed by atoms with Crippen LogP contribution in [0.4, 0.5) is 11.5 Å². The van der Waals surface area contributed by atoms with Crippen LogP contribution in [0.2, 0.25) is 0 Å². The van der Waals surface area contributed by atoms with Crippen LogP contribution in [0.3, 0.4) is 0 Å². The number of para-hydroxylation sites is 1. The number of aromatic nitrogens is 1. The van der Waals surface area contributed by atoms with Gasteiger partial charge in [0, 0.05) is 16.9 Å². The Bertz CT molecular complexity index is 745. The first-order valence-electron chi connectivity index (χ1n) is 8.50. The zero-order chi connectivity index (χ0) is 16.9. The number of nitrogens with two attached hydrogens (primary N) is 1. The summed E-state index contributed by atoms with van der Waals surface area (Å²) in [6.45, 7) is 13.4. The van der Waals surface area contributed by atoms with Gasteiger partial charge in [0.1, 0.15) is 11.4 Å². The maximum atomic E-state index is 6.59. The van der Waals surface area contributed by atoms with E-state index in [1.54, 1.807) is 0 Å². The van der Waals surface area contributed by atoms with Gasteiger partial charge in [-0.2, -0.15) is 0 Å². The van der Waals surface area contributed by atoms with Crippen LogP contribution in [-0.2, 0) is 5.41 Å². The van der Waals surface area contributed by atoms with E-state index in [9.17, 15) is 0 Å². The van der Waals surface area contributed by atoms with Gasteiger partial charge in [0.05, 0.1) is 11.6 Å². The molecule has 122 valence electrons. The molecule has 1 aromatic heterocycles. The summed E-state index contributed by atoms with van der Waals surface area (Å²) >= 11 is 0. The molecule has 0 fully saturated rings. The molecule has 2 heterocycles. The second-order valence-electron chi connectivity index (χ2n) is 7.63. The number of nitrogens with zero attached hydrogens (tertiary/aromatic N) is 2. The minimum absolute atomic E-state index is 0.0616. The summed E-state index contributed by atoms with van der Waals surface area (Å²) in [5.74, 6) is 8.10. The lowest BCUT2D eigenvalue weighted by Gasteiger charge is -2.38. The first kappa shape index (κ1) is 15.9. The van der Waals surface area contributed by atoms with Crippen LogP contribution < -0.4 is 15.4 Å². The first-order chi connectivity index (χ1) is 10.8. The Morgan fingerprint density at radius 1 is 0.957 bits per heavy atom. The normalized spacial score (nSPS) is 15.7. The van der Waals surface area contributed by atoms with Crippen molar-refractivity contribution in [3.63, 3.8) is 0 Å². The summed E-state index contributed by atoms with van der Waals surface area (Å²) in [5, 5.41) is 0. The van der Waals surface area contributed by atoms with E-state index >= 15 is 0 Å². The van der Waals surface area contributed by atoms with Crippen molar-refractivity contribution < 1.29 is 4.68 Å². The number of fused-ring (bicyclic) bond motifs is 2. The SMILES string of the molecule is CC(C)c1ccc2c([n+]1N)N(C(C)C)c1ccccc1C2(C)C. The fraction of sp³-hybridized carbons (Fsp3) is 0.450. The fourth-order valence-electron chi connectivity index (χ4n) is 3.77. The molecule has 0 spiro atoms. The Morgan fingerprint density at radius 3 is 2.22 bits per heavy atom. The second-order valence-corrected chi connectivity index (χ2v) is 7.63. The van der Waals surface area contributed by atoms with E-state index in [1.165, 1.54) is 16.8 Å². The molecule has 2 N–H and O–H groups in total. The minimum atomic E-state index is -0.0616. The average Bonchev–Trinajstić information content (AvgIpc) is 2.48. The zero-order valence-electron chi connectivity index (χ0n) is 15.1. The topological polar surface area (TPSA) is 33.1 Å². The van der Waals surface area contributed by atoms with Crippen LogP contribution in [0.1, 0.15) is 64.3 Å². The molecule has 1 aliphatic heterocycles. The highest BCUT2D eigenvalue weighted by Gasteiger charge is 2.44. The molecule has 23 heavy (non-hydrogen) atoms. The summed E-state index contributed by atoms with van der Waals surface area (Å²) in [6.07, 6.45) is 0. The van der Waals surface area contributed by atoms with Gasteiger partial charge in [0.2, 0.25) is 0 Å². The van der Waals surface area contributed by atoms with E-state index in [0.717, 1.165) is 11.5 Å². The van der Waals surface area contributed by atoms with Crippen molar-refractivity contribution in [2.45, 2.75) is 58.9 Å². The Morgan fingerprint density at radius 2 is 1.61 bits per heavy atom. The molecular formula is C20H28N3+. The molecule has 0 radical (unpaired) electrons. The van der Waals surface area contributed by atoms with Crippen LogP contribution in [-0.4, -0.2) is 6.04 Å². The van der Waals surface area contributed by atoms with E-state index in [2.05, 4.69) is 82.8 Å². The first-order valence-corrected chi connectivity index (χ1v) is 8.50. The maximum Gasteiger partial charge on any atom is 0.309 e. The van der Waals surface area contributed by atoms with E-state index in [1.807, 2.05) is 4.68 Å². The molecule has 0 amide bonds. The molecule has 0 bridgehead atoms. The van der Waals surface area contributed by atoms with Gasteiger partial charge in [-0.1, -0.05) is 45.9 Å². The van der Waals surface area contributed by atoms with E-state index in [-0.39, 0.29) is 5.41 Å². The van der Waals surface area contributed by atoms with Crippen molar-refractivity contribution in [3.8, 4) is 0 Å². The zero-order valence-corrected chi connectivity index (χ0v) is 15.1. The smallest absolute Gasteiger partial charge is 0.268 e. The van der Waals surface area contributed by atoms with Crippen LogP contribution in [0, 0.1) is 0 Å². The molecule has 0 unspecified atom stereocenters. The number of hydrogen-bond acceptors (Lipinski definition) is 2. The van der Waals surface area contributed by atoms with Crippen molar-refractivity contribution in [3.05, 3.63) is 53.2 Å². The number of benzene rings is 1. The summed E-state index contributed by atoms with van der Waals surface area (Å²) in [7, 11) is 0. The highest BCUT2D eigenvalue weighted by Crippen LogP contribution is 2.48. The fourth-order valence-corrected chi connectivity index (χ4v) is 3.77. The molecular weight excluding hydrogens is 282 g/mol. The summed E-state index contributed by atoms with van der Waals surface area (Å²) in [5.41, 5.74) is 5.01. The highest BCUT2D eigenvalue weighted by atomic mass is 15.4. The number of rotatable bonds is 2. The Labute approximate surface area is 139 Å². The molecule has 0 saturated carbocycles. The van der Waals surface area contributed by atoms with Crippen molar-refractivity contribution in [2.75, 3.05) is 10.7 Å². The standard InChI is InChI=1S/C20H28N3/c1-13(2)17-12-11-16-19(23(17)21)22(14(3)4)18-10-8-7-9-15(18)20(16,5)6/h7-14H,21H2,1-6H3/q+1. The van der Waals surface area contributed by atoms with Gasteiger partial charge in [-0.25, -0.2) is 4.90 Å². The maximum absolute atomic E-state index is 6.59. The average molecular weight is 310 g/mol. The number of anilines is 2. The van der Waals surface area contributed by atoms with Crippen molar-refractivity contribution in [2.24, 2.45) is 0 Å². The third kappa shape index (κ3) is 2.21. The molecule has 3 nitrogen and oxygen atoms in total. The lowest BCUT2D eigenvalue weighted by molar-refractivity contribution is -0.635. The van der Waals surface area contributed by atoms with E-state index in [0.29, 0.717) is 12.0 Å². The molecule has 0 aliphatic carbocycles. The number of hydrogen-bond donors (Lipinski definition) is 1. The van der Waals surface area contributed by atoms with Gasteiger partial charge >= 0.3 is 5.82 Å². The molecule has 1 aromatic carbocycles. The molecule has 1 aliphatic rings.